The number of benzene rings is 19. The number of anilines is 6. The zero-order valence-corrected chi connectivity index (χ0v) is 67.3. The summed E-state index contributed by atoms with van der Waals surface area (Å²) < 4.78 is 5.20. The van der Waals surface area contributed by atoms with Crippen molar-refractivity contribution in [2.24, 2.45) is 0 Å². The Kier molecular flexibility index (Phi) is 14.0. The Balaban J connectivity index is 0.870. The molecular formula is C110H87BN4. The van der Waals surface area contributed by atoms with Crippen molar-refractivity contribution in [1.82, 2.24) is 9.13 Å². The molecule has 115 heavy (non-hydrogen) atoms. The van der Waals surface area contributed by atoms with Gasteiger partial charge in [0.25, 0.3) is 6.71 Å². The highest BCUT2D eigenvalue weighted by atomic mass is 15.2. The summed E-state index contributed by atoms with van der Waals surface area (Å²) in [6, 6.07) is 121. The smallest absolute Gasteiger partial charge is 0.252 e. The molecule has 2 aromatic heterocycles. The van der Waals surface area contributed by atoms with Gasteiger partial charge in [-0.2, -0.15) is 0 Å². The fourth-order valence-electron chi connectivity index (χ4n) is 20.7. The first-order valence-corrected chi connectivity index (χ1v) is 41.2. The molecule has 2 aliphatic rings. The first kappa shape index (κ1) is 67.7. The highest BCUT2D eigenvalue weighted by Gasteiger charge is 2.46. The fourth-order valence-corrected chi connectivity index (χ4v) is 20.7. The molecule has 5 heteroatoms. The monoisotopic (exact) mass is 1470 g/mol. The molecule has 23 rings (SSSR count). The molecule has 0 radical (unpaired) electrons. The lowest BCUT2D eigenvalue weighted by Crippen LogP contribution is -2.61. The molecule has 21 aromatic rings. The van der Waals surface area contributed by atoms with E-state index in [-0.39, 0.29) is 28.4 Å². The molecule has 550 valence electrons. The number of hydrogen-bond donors (Lipinski definition) is 0. The molecule has 0 bridgehead atoms. The summed E-state index contributed by atoms with van der Waals surface area (Å²) in [6.45, 7) is 27.9. The van der Waals surface area contributed by atoms with E-state index in [9.17, 15) is 0 Å². The third-order valence-corrected chi connectivity index (χ3v) is 26.3. The number of rotatable bonds is 8. The molecule has 0 saturated heterocycles. The molecule has 4 heterocycles. The summed E-state index contributed by atoms with van der Waals surface area (Å²) in [4.78, 5) is 5.47. The van der Waals surface area contributed by atoms with Crippen molar-refractivity contribution in [3.05, 3.63) is 332 Å². The van der Waals surface area contributed by atoms with Crippen LogP contribution in [0.4, 0.5) is 34.1 Å². The van der Waals surface area contributed by atoms with Gasteiger partial charge in [0.1, 0.15) is 0 Å². The van der Waals surface area contributed by atoms with Gasteiger partial charge in [0, 0.05) is 77.9 Å². The number of nitrogens with zero attached hydrogens (tertiary/aromatic N) is 4. The van der Waals surface area contributed by atoms with Crippen molar-refractivity contribution in [2.75, 3.05) is 9.80 Å². The molecule has 0 amide bonds. The van der Waals surface area contributed by atoms with Crippen molar-refractivity contribution in [3.8, 4) is 55.9 Å². The van der Waals surface area contributed by atoms with Crippen LogP contribution in [0.2, 0.25) is 0 Å². The quantitative estimate of drug-likeness (QED) is 0.0856. The van der Waals surface area contributed by atoms with Gasteiger partial charge in [-0.1, -0.05) is 332 Å². The molecule has 0 saturated carbocycles. The van der Waals surface area contributed by atoms with E-state index in [1.807, 2.05) is 0 Å². The van der Waals surface area contributed by atoms with E-state index in [0.29, 0.717) is 0 Å². The Morgan fingerprint density at radius 2 is 0.496 bits per heavy atom. The summed E-state index contributed by atoms with van der Waals surface area (Å²) in [5, 5.41) is 20.8. The van der Waals surface area contributed by atoms with Crippen molar-refractivity contribution in [2.45, 2.75) is 105 Å². The first-order chi connectivity index (χ1) is 55.6. The second-order valence-corrected chi connectivity index (χ2v) is 37.2. The van der Waals surface area contributed by atoms with Crippen molar-refractivity contribution in [3.63, 3.8) is 0 Å². The molecule has 0 N–H and O–H groups in total. The van der Waals surface area contributed by atoms with Crippen LogP contribution in [0, 0.1) is 0 Å². The minimum absolute atomic E-state index is 0.116. The van der Waals surface area contributed by atoms with Crippen LogP contribution < -0.4 is 26.2 Å². The lowest BCUT2D eigenvalue weighted by Gasteiger charge is -2.45. The summed E-state index contributed by atoms with van der Waals surface area (Å²) in [7, 11) is 0. The van der Waals surface area contributed by atoms with Crippen LogP contribution in [0.25, 0.3) is 164 Å². The number of aromatic nitrogens is 2. The van der Waals surface area contributed by atoms with Crippen LogP contribution in [0.15, 0.2) is 309 Å². The predicted molar refractivity (Wildman–Crippen MR) is 495 cm³/mol. The molecular weight excluding hydrogens is 1390 g/mol. The molecule has 2 aliphatic heterocycles. The molecule has 0 unspecified atom stereocenters. The normalized spacial score (nSPS) is 13.5. The van der Waals surface area contributed by atoms with Crippen LogP contribution in [-0.2, 0) is 21.7 Å². The Bertz CT molecular complexity index is 6860. The molecule has 4 nitrogen and oxygen atoms in total. The van der Waals surface area contributed by atoms with E-state index in [4.69, 9.17) is 0 Å². The van der Waals surface area contributed by atoms with Crippen molar-refractivity contribution < 1.29 is 0 Å². The Labute approximate surface area is 672 Å². The van der Waals surface area contributed by atoms with E-state index in [1.165, 1.54) is 169 Å². The molecule has 0 atom stereocenters. The molecule has 19 aromatic carbocycles. The first-order valence-electron chi connectivity index (χ1n) is 41.2. The minimum atomic E-state index is -0.253. The number of hydrogen-bond acceptors (Lipinski definition) is 2. The highest BCUT2D eigenvalue weighted by molar-refractivity contribution is 7.00. The van der Waals surface area contributed by atoms with E-state index in [0.717, 1.165) is 67.8 Å². The van der Waals surface area contributed by atoms with Crippen LogP contribution in [0.5, 0.6) is 0 Å². The molecule has 0 spiro atoms. The number of para-hydroxylation sites is 2. The maximum absolute atomic E-state index is 2.74. The topological polar surface area (TPSA) is 16.3 Å². The van der Waals surface area contributed by atoms with Crippen LogP contribution in [0.3, 0.4) is 0 Å². The van der Waals surface area contributed by atoms with Gasteiger partial charge in [-0.3, -0.25) is 0 Å². The van der Waals surface area contributed by atoms with E-state index in [2.05, 4.69) is 411 Å². The Morgan fingerprint density at radius 3 is 0.783 bits per heavy atom. The van der Waals surface area contributed by atoms with E-state index < -0.39 is 0 Å². The fraction of sp³-hybridized carbons (Fsp3) is 0.145. The van der Waals surface area contributed by atoms with Gasteiger partial charge >= 0.3 is 0 Å². The lowest BCUT2D eigenvalue weighted by molar-refractivity contribution is 0.590. The van der Waals surface area contributed by atoms with Crippen molar-refractivity contribution in [1.29, 1.82) is 0 Å². The van der Waals surface area contributed by atoms with Crippen LogP contribution in [-0.4, -0.2) is 15.8 Å². The average molecular weight is 1480 g/mol. The van der Waals surface area contributed by atoms with Crippen LogP contribution >= 0.6 is 0 Å². The van der Waals surface area contributed by atoms with Gasteiger partial charge in [0.05, 0.1) is 33.4 Å². The maximum Gasteiger partial charge on any atom is 0.252 e. The van der Waals surface area contributed by atoms with Crippen LogP contribution in [0.1, 0.15) is 105 Å². The zero-order valence-electron chi connectivity index (χ0n) is 67.3. The molecule has 0 fully saturated rings. The number of fused-ring (bicyclic) bond motifs is 6. The van der Waals surface area contributed by atoms with Gasteiger partial charge in [-0.25, -0.2) is 0 Å². The SMILES string of the molecule is CC(C)(C)c1cccc(-c2cccc(-c3cccc(C(C)(C)C)c3)c2N2c3cc(-n4c5ccc6cccc7c8cccc9ccc4c(c98)c5c67)ccc3B3c4ccc(-n5c6ccc7cccc8c9cccc%10ccc5c(c%109)c6c78)cc4N(c4c(-c5cccc(C(C)(C)C)c5)cccc4-c4cccc(C(C)(C)C)c4)c4cccc2c43)c1. The minimum Gasteiger partial charge on any atom is -0.310 e. The Morgan fingerprint density at radius 1 is 0.226 bits per heavy atom. The van der Waals surface area contributed by atoms with E-state index >= 15 is 0 Å². The van der Waals surface area contributed by atoms with Gasteiger partial charge in [-0.15, -0.1) is 0 Å². The maximum atomic E-state index is 2.74. The Hall–Kier alpha value is -13.0. The summed E-state index contributed by atoms with van der Waals surface area (Å²) in [5.74, 6) is 0. The van der Waals surface area contributed by atoms with Gasteiger partial charge in [0.2, 0.25) is 0 Å². The standard InChI is InChI=1S/C110H87BN4/c1-107(2,3)72-32-13-28-68(58-72)78-36-21-37-79(69-29-14-33-73(59-69)108(4,5)6)105(78)114-92-44-23-45-93-104(92)111(86-52-50-76(62-94(86)114)112-88-54-46-64-24-17-40-82-83-41-18-25-65-47-55-89(112)101(97(65)83)100(88)96(64)82)87-53-51-77(113-90-56-48-66-26-19-42-84-85-43-20-27-67-49-57-91(113)103(99(67)85)102(90)98(66)84)63-95(87)115(93)106-80(70-30-15-34-74(60-70)109(7,8)9)38-22-39-81(106)71-31-16-35-75(61-71)110(10,11)12/h13-63H,1-12H3. The lowest BCUT2D eigenvalue weighted by atomic mass is 9.33. The second-order valence-electron chi connectivity index (χ2n) is 37.2. The van der Waals surface area contributed by atoms with Crippen molar-refractivity contribution >= 4 is 165 Å². The molecule has 0 aliphatic carbocycles. The largest absolute Gasteiger partial charge is 0.310 e. The second kappa shape index (κ2) is 23.8. The highest BCUT2D eigenvalue weighted by Crippen LogP contribution is 2.57. The third-order valence-electron chi connectivity index (χ3n) is 26.3. The zero-order chi connectivity index (χ0) is 77.8. The third kappa shape index (κ3) is 9.74. The summed E-state index contributed by atoms with van der Waals surface area (Å²) in [6.07, 6.45) is 0. The van der Waals surface area contributed by atoms with Gasteiger partial charge in [0.15, 0.2) is 0 Å². The summed E-state index contributed by atoms with van der Waals surface area (Å²) >= 11 is 0. The average Bonchev–Trinajstić information content (AvgIpc) is 1.50. The van der Waals surface area contributed by atoms with E-state index in [1.54, 1.807) is 0 Å². The van der Waals surface area contributed by atoms with Gasteiger partial charge in [-0.05, 0) is 208 Å². The summed E-state index contributed by atoms with van der Waals surface area (Å²) in [5.41, 5.74) is 31.6. The van der Waals surface area contributed by atoms with Gasteiger partial charge < -0.3 is 18.9 Å². The predicted octanol–water partition coefficient (Wildman–Crippen LogP) is 28.5.